The van der Waals surface area contributed by atoms with Crippen LogP contribution in [-0.2, 0) is 10.8 Å². The number of rotatable bonds is 12. The lowest BCUT2D eigenvalue weighted by molar-refractivity contribution is 0.509. The van der Waals surface area contributed by atoms with Crippen molar-refractivity contribution in [2.75, 3.05) is 9.80 Å². The Labute approximate surface area is 489 Å². The fourth-order valence-corrected chi connectivity index (χ4v) is 13.7. The van der Waals surface area contributed by atoms with Crippen LogP contribution in [0.15, 0.2) is 284 Å². The van der Waals surface area contributed by atoms with Crippen LogP contribution in [0.1, 0.15) is 55.6 Å². The summed E-state index contributed by atoms with van der Waals surface area (Å²) in [4.78, 5) is 3.90. The Morgan fingerprint density at radius 1 is 0.294 bits per heavy atom. The SMILES string of the molecule is C=Cc1ccc(C2(c3ccccc3)c3ccccc3-c3ccc(N(c4ccc(F)c(F)c4)c4ccc5oc6ccc(N(c7ccc(F)c(F)c7)c7ccc8c(c7)C(c7ccccc7)(c7ccc(C=C)cc7)c7ccccc7-8)cc6c5c4)cc32)cc1. The summed E-state index contributed by atoms with van der Waals surface area (Å²) in [6, 6.07) is 87.2. The standard InChI is InChI=1S/C78H50F4N2O/c1-3-49-23-27-53(28-24-49)77(51-15-7-5-8-16-51)67-21-13-11-19-61(67)63-37-31-57(45-69(63)77)83(59-33-39-71(79)73(81)47-59)55-35-41-75-65(43-55)66-44-56(36-42-76(66)85-75)84(60-34-40-72(80)74(82)48-60)58-32-38-64-62-20-12-14-22-68(62)78(70(64)46-58,52-17-9-6-10-18-52)54-29-25-50(4-2)26-30-54/h3-48H,1-2H2. The van der Waals surface area contributed by atoms with E-state index in [2.05, 4.69) is 183 Å². The van der Waals surface area contributed by atoms with Gasteiger partial charge in [-0.25, -0.2) is 17.6 Å². The average molecular weight is 1110 g/mol. The summed E-state index contributed by atoms with van der Waals surface area (Å²) in [5.74, 6) is -3.91. The van der Waals surface area contributed by atoms with Gasteiger partial charge in [0.1, 0.15) is 11.2 Å². The molecule has 85 heavy (non-hydrogen) atoms. The van der Waals surface area contributed by atoms with Gasteiger partial charge in [-0.2, -0.15) is 0 Å². The molecule has 1 aromatic heterocycles. The molecular formula is C78H50F4N2O. The highest BCUT2D eigenvalue weighted by Gasteiger charge is 2.48. The highest BCUT2D eigenvalue weighted by molar-refractivity contribution is 6.08. The van der Waals surface area contributed by atoms with Crippen molar-refractivity contribution in [1.82, 2.24) is 0 Å². The Hall–Kier alpha value is -10.8. The maximum absolute atomic E-state index is 15.8. The molecule has 0 fully saturated rings. The molecule has 2 unspecified atom stereocenters. The molecule has 0 radical (unpaired) electrons. The zero-order valence-corrected chi connectivity index (χ0v) is 45.8. The van der Waals surface area contributed by atoms with E-state index in [4.69, 9.17) is 4.42 Å². The molecular weight excluding hydrogens is 1060 g/mol. The lowest BCUT2D eigenvalue weighted by atomic mass is 9.67. The molecule has 0 amide bonds. The van der Waals surface area contributed by atoms with Crippen LogP contribution in [0.5, 0.6) is 0 Å². The summed E-state index contributed by atoms with van der Waals surface area (Å²) in [7, 11) is 0. The second-order valence-corrected chi connectivity index (χ2v) is 21.8. The summed E-state index contributed by atoms with van der Waals surface area (Å²) < 4.78 is 68.3. The van der Waals surface area contributed by atoms with E-state index in [0.717, 1.165) is 101 Å². The highest BCUT2D eigenvalue weighted by Crippen LogP contribution is 2.59. The normalized spacial score (nSPS) is 15.5. The molecule has 2 atom stereocenters. The first-order valence-corrected chi connectivity index (χ1v) is 28.2. The topological polar surface area (TPSA) is 19.6 Å². The van der Waals surface area contributed by atoms with E-state index in [-0.39, 0.29) is 0 Å². The van der Waals surface area contributed by atoms with Gasteiger partial charge in [0.2, 0.25) is 0 Å². The second kappa shape index (κ2) is 20.0. The van der Waals surface area contributed by atoms with Crippen molar-refractivity contribution in [3.63, 3.8) is 0 Å². The van der Waals surface area contributed by atoms with Gasteiger partial charge in [0.15, 0.2) is 23.3 Å². The van der Waals surface area contributed by atoms with Crippen LogP contribution in [0.2, 0.25) is 0 Å². The van der Waals surface area contributed by atoms with Crippen molar-refractivity contribution in [1.29, 1.82) is 0 Å². The molecule has 0 aliphatic heterocycles. The van der Waals surface area contributed by atoms with Gasteiger partial charge in [0.25, 0.3) is 0 Å². The van der Waals surface area contributed by atoms with E-state index in [0.29, 0.717) is 45.3 Å². The number of fused-ring (bicyclic) bond motifs is 9. The van der Waals surface area contributed by atoms with Crippen LogP contribution < -0.4 is 9.80 Å². The van der Waals surface area contributed by atoms with E-state index >= 15 is 17.6 Å². The van der Waals surface area contributed by atoms with Crippen molar-refractivity contribution >= 4 is 68.2 Å². The Kier molecular flexibility index (Phi) is 12.0. The minimum atomic E-state index is -0.990. The highest BCUT2D eigenvalue weighted by atomic mass is 19.2. The van der Waals surface area contributed by atoms with Crippen molar-refractivity contribution in [3.8, 4) is 22.3 Å². The van der Waals surface area contributed by atoms with E-state index in [1.807, 2.05) is 82.6 Å². The Morgan fingerprint density at radius 3 is 1.02 bits per heavy atom. The molecule has 0 spiro atoms. The van der Waals surface area contributed by atoms with E-state index < -0.39 is 34.1 Å². The molecule has 1 heterocycles. The maximum atomic E-state index is 15.8. The summed E-state index contributed by atoms with van der Waals surface area (Å²) in [5, 5.41) is 1.47. The molecule has 0 N–H and O–H groups in total. The van der Waals surface area contributed by atoms with Gasteiger partial charge in [-0.1, -0.05) is 195 Å². The van der Waals surface area contributed by atoms with E-state index in [1.54, 1.807) is 12.1 Å². The van der Waals surface area contributed by atoms with Gasteiger partial charge in [0, 0.05) is 57.0 Å². The number of hydrogen-bond acceptors (Lipinski definition) is 3. The quantitative estimate of drug-likeness (QED) is 0.114. The third kappa shape index (κ3) is 7.88. The zero-order chi connectivity index (χ0) is 57.6. The first-order chi connectivity index (χ1) is 41.7. The van der Waals surface area contributed by atoms with Gasteiger partial charge in [-0.3, -0.25) is 0 Å². The third-order valence-corrected chi connectivity index (χ3v) is 17.4. The van der Waals surface area contributed by atoms with Crippen molar-refractivity contribution in [3.05, 3.63) is 359 Å². The molecule has 2 aliphatic rings. The first-order valence-electron chi connectivity index (χ1n) is 28.2. The molecule has 0 saturated carbocycles. The average Bonchev–Trinajstić information content (AvgIpc) is 1.72. The lowest BCUT2D eigenvalue weighted by Crippen LogP contribution is -2.28. The van der Waals surface area contributed by atoms with Crippen LogP contribution in [-0.4, -0.2) is 0 Å². The Balaban J connectivity index is 0.923. The van der Waals surface area contributed by atoms with Gasteiger partial charge in [0.05, 0.1) is 10.8 Å². The number of furan rings is 1. The molecule has 15 rings (SSSR count). The molecule has 13 aromatic rings. The maximum Gasteiger partial charge on any atom is 0.160 e. The monoisotopic (exact) mass is 1110 g/mol. The molecule has 12 aromatic carbocycles. The van der Waals surface area contributed by atoms with Gasteiger partial charge in [-0.15, -0.1) is 0 Å². The molecule has 2 aliphatic carbocycles. The van der Waals surface area contributed by atoms with E-state index in [1.165, 1.54) is 12.1 Å². The van der Waals surface area contributed by atoms with Crippen LogP contribution in [0, 0.1) is 23.3 Å². The third-order valence-electron chi connectivity index (χ3n) is 17.4. The summed E-state index contributed by atoms with van der Waals surface area (Å²) in [6.45, 7) is 8.07. The molecule has 3 nitrogen and oxygen atoms in total. The summed E-state index contributed by atoms with van der Waals surface area (Å²) in [6.07, 6.45) is 3.68. The molecule has 0 bridgehead atoms. The van der Waals surface area contributed by atoms with E-state index in [9.17, 15) is 0 Å². The predicted octanol–water partition coefficient (Wildman–Crippen LogP) is 21.1. The van der Waals surface area contributed by atoms with Crippen LogP contribution in [0.3, 0.4) is 0 Å². The van der Waals surface area contributed by atoms with Crippen LogP contribution >= 0.6 is 0 Å². The van der Waals surface area contributed by atoms with Crippen LogP contribution in [0.25, 0.3) is 56.3 Å². The fraction of sp³-hybridized carbons (Fsp3) is 0.0256. The molecule has 7 heteroatoms. The van der Waals surface area contributed by atoms with Gasteiger partial charge in [-0.05, 0) is 163 Å². The summed E-state index contributed by atoms with van der Waals surface area (Å²) in [5.41, 5.74) is 18.0. The predicted molar refractivity (Wildman–Crippen MR) is 338 cm³/mol. The Bertz CT molecular complexity index is 4520. The van der Waals surface area contributed by atoms with Gasteiger partial charge >= 0.3 is 0 Å². The second-order valence-electron chi connectivity index (χ2n) is 21.8. The van der Waals surface area contributed by atoms with Crippen molar-refractivity contribution in [2.24, 2.45) is 0 Å². The summed E-state index contributed by atoms with van der Waals surface area (Å²) >= 11 is 0. The van der Waals surface area contributed by atoms with Crippen molar-refractivity contribution < 1.29 is 22.0 Å². The molecule has 0 saturated heterocycles. The zero-order valence-electron chi connectivity index (χ0n) is 45.8. The number of nitrogens with zero attached hydrogens (tertiary/aromatic N) is 2. The minimum Gasteiger partial charge on any atom is -0.456 e. The largest absolute Gasteiger partial charge is 0.456 e. The number of halogens is 4. The first kappa shape index (κ1) is 51.1. The number of hydrogen-bond donors (Lipinski definition) is 0. The van der Waals surface area contributed by atoms with Crippen molar-refractivity contribution in [2.45, 2.75) is 10.8 Å². The van der Waals surface area contributed by atoms with Crippen LogP contribution in [0.4, 0.5) is 51.7 Å². The minimum absolute atomic E-state index is 0.398. The lowest BCUT2D eigenvalue weighted by Gasteiger charge is -2.35. The Morgan fingerprint density at radius 2 is 0.624 bits per heavy atom. The van der Waals surface area contributed by atoms with Gasteiger partial charge < -0.3 is 14.2 Å². The molecule has 406 valence electrons. The number of anilines is 6. The fourth-order valence-electron chi connectivity index (χ4n) is 13.7. The number of benzene rings is 12. The smallest absolute Gasteiger partial charge is 0.160 e.